The van der Waals surface area contributed by atoms with E-state index in [9.17, 15) is 13.2 Å². The molecule has 0 aromatic heterocycles. The smallest absolute Gasteiger partial charge is 0.326 e. The lowest BCUT2D eigenvalue weighted by atomic mass is 9.93. The molecule has 3 amide bonds. The van der Waals surface area contributed by atoms with Gasteiger partial charge in [-0.3, -0.25) is 19.6 Å². The average molecular weight is 800 g/mol. The van der Waals surface area contributed by atoms with Gasteiger partial charge in [0.25, 0.3) is 0 Å². The van der Waals surface area contributed by atoms with E-state index in [4.69, 9.17) is 42.4 Å². The van der Waals surface area contributed by atoms with Crippen molar-refractivity contribution in [1.29, 1.82) is 0 Å². The Morgan fingerprint density at radius 2 is 1.37 bits per heavy atom. The zero-order valence-electron chi connectivity index (χ0n) is 30.1. The molecule has 3 aromatic carbocycles. The maximum Gasteiger partial charge on any atom is 0.326 e. The molecule has 288 valence electrons. The molecule has 0 N–H and O–H groups in total. The van der Waals surface area contributed by atoms with Crippen LogP contribution in [0.5, 0.6) is 5.75 Å². The van der Waals surface area contributed by atoms with Crippen LogP contribution >= 0.6 is 23.2 Å². The zero-order valence-corrected chi connectivity index (χ0v) is 32.4. The highest BCUT2D eigenvalue weighted by Crippen LogP contribution is 2.46. The number of amides is 3. The number of aliphatic imine (C=N–C) groups is 1. The van der Waals surface area contributed by atoms with Gasteiger partial charge in [0.15, 0.2) is 0 Å². The predicted octanol–water partition coefficient (Wildman–Crippen LogP) is 4.55. The van der Waals surface area contributed by atoms with Crippen molar-refractivity contribution in [3.05, 3.63) is 93.5 Å². The summed E-state index contributed by atoms with van der Waals surface area (Å²) in [7, 11) is -3.85. The Bertz CT molecular complexity index is 1950. The van der Waals surface area contributed by atoms with Gasteiger partial charge in [0.1, 0.15) is 17.6 Å². The third-order valence-corrected chi connectivity index (χ3v) is 12.6. The Balaban J connectivity index is 1.25. The van der Waals surface area contributed by atoms with E-state index < -0.39 is 22.1 Å². The standard InChI is InChI=1S/C38H44Cl2N6O7S/c1-2-53-33-25-31(54(49,50)45-19-23-52-24-20-45)11-12-32(33)37-41-35(27-3-7-29(39)8-4-27)36(28-5-9-30(40)10-6-28)46(37)38(48)44-15-13-42(14-16-44)26-34(47)43-17-21-51-22-18-43/h3-12,25,35-36H,2,13-24,26H2,1H3/t35-,36+/m0/s1. The lowest BCUT2D eigenvalue weighted by molar-refractivity contribution is -0.136. The minimum atomic E-state index is -3.85. The highest BCUT2D eigenvalue weighted by molar-refractivity contribution is 7.89. The summed E-state index contributed by atoms with van der Waals surface area (Å²) in [5.41, 5.74) is 2.13. The number of halogens is 2. The van der Waals surface area contributed by atoms with E-state index in [1.165, 1.54) is 10.4 Å². The van der Waals surface area contributed by atoms with Crippen LogP contribution in [-0.2, 0) is 24.3 Å². The van der Waals surface area contributed by atoms with Gasteiger partial charge in [-0.15, -0.1) is 0 Å². The van der Waals surface area contributed by atoms with Crippen LogP contribution in [0.15, 0.2) is 76.6 Å². The first-order valence-electron chi connectivity index (χ1n) is 18.2. The van der Waals surface area contributed by atoms with Gasteiger partial charge >= 0.3 is 6.03 Å². The monoisotopic (exact) mass is 798 g/mol. The number of benzene rings is 3. The van der Waals surface area contributed by atoms with Gasteiger partial charge in [-0.1, -0.05) is 47.5 Å². The second-order valence-electron chi connectivity index (χ2n) is 13.5. The van der Waals surface area contributed by atoms with Gasteiger partial charge in [-0.2, -0.15) is 4.31 Å². The third-order valence-electron chi connectivity index (χ3n) is 10.2. The zero-order chi connectivity index (χ0) is 37.8. The first-order chi connectivity index (χ1) is 26.1. The van der Waals surface area contributed by atoms with Gasteiger partial charge in [0.2, 0.25) is 15.9 Å². The Hall–Kier alpha value is -3.76. The van der Waals surface area contributed by atoms with Crippen molar-refractivity contribution in [3.8, 4) is 5.75 Å². The van der Waals surface area contributed by atoms with E-state index in [0.717, 1.165) is 11.1 Å². The fraction of sp³-hybridized carbons (Fsp3) is 0.447. The number of urea groups is 1. The number of nitrogens with zero attached hydrogens (tertiary/aromatic N) is 6. The minimum absolute atomic E-state index is 0.0585. The molecule has 7 rings (SSSR count). The van der Waals surface area contributed by atoms with Crippen molar-refractivity contribution in [2.45, 2.75) is 23.9 Å². The number of carbonyl (C=O) groups is 2. The third kappa shape index (κ3) is 8.25. The molecule has 16 heteroatoms. The van der Waals surface area contributed by atoms with E-state index in [0.29, 0.717) is 92.9 Å². The van der Waals surface area contributed by atoms with Gasteiger partial charge in [-0.05, 0) is 54.4 Å². The average Bonchev–Trinajstić information content (AvgIpc) is 3.59. The molecule has 0 radical (unpaired) electrons. The highest BCUT2D eigenvalue weighted by Gasteiger charge is 2.45. The van der Waals surface area contributed by atoms with Crippen molar-refractivity contribution < 1.29 is 32.2 Å². The van der Waals surface area contributed by atoms with Crippen LogP contribution in [0.3, 0.4) is 0 Å². The molecule has 4 aliphatic rings. The van der Waals surface area contributed by atoms with E-state index >= 15 is 4.79 Å². The summed E-state index contributed by atoms with van der Waals surface area (Å²) in [5, 5.41) is 1.12. The Kier molecular flexibility index (Phi) is 12.1. The minimum Gasteiger partial charge on any atom is -0.493 e. The van der Waals surface area contributed by atoms with Crippen LogP contribution in [0.1, 0.15) is 35.7 Å². The number of piperazine rings is 1. The predicted molar refractivity (Wildman–Crippen MR) is 205 cm³/mol. The number of hydrogen-bond donors (Lipinski definition) is 0. The number of sulfonamides is 1. The molecular weight excluding hydrogens is 755 g/mol. The summed E-state index contributed by atoms with van der Waals surface area (Å²) < 4.78 is 45.8. The summed E-state index contributed by atoms with van der Waals surface area (Å²) in [6.45, 7) is 7.57. The Morgan fingerprint density at radius 1 is 0.778 bits per heavy atom. The topological polar surface area (TPSA) is 125 Å². The SMILES string of the molecule is CCOc1cc(S(=O)(=O)N2CCOCC2)ccc1C1=N[C@@H](c2ccc(Cl)cc2)[C@@H](c2ccc(Cl)cc2)N1C(=O)N1CCN(CC(=O)N2CCOCC2)CC1. The molecule has 0 saturated carbocycles. The molecular formula is C38H44Cl2N6O7S. The van der Waals surface area contributed by atoms with Crippen molar-refractivity contribution >= 4 is 51.0 Å². The van der Waals surface area contributed by atoms with E-state index in [2.05, 4.69) is 4.90 Å². The molecule has 0 unspecified atom stereocenters. The highest BCUT2D eigenvalue weighted by atomic mass is 35.5. The summed E-state index contributed by atoms with van der Waals surface area (Å²) in [4.78, 5) is 40.8. The Labute approximate surface area is 326 Å². The molecule has 0 spiro atoms. The summed E-state index contributed by atoms with van der Waals surface area (Å²) in [6.07, 6.45) is 0. The maximum atomic E-state index is 15.0. The van der Waals surface area contributed by atoms with E-state index in [1.807, 2.05) is 36.1 Å². The van der Waals surface area contributed by atoms with E-state index in [-0.39, 0.29) is 43.1 Å². The second kappa shape index (κ2) is 16.9. The van der Waals surface area contributed by atoms with Gasteiger partial charge in [0.05, 0.1) is 56.1 Å². The number of morpholine rings is 2. The molecule has 2 atom stereocenters. The van der Waals surface area contributed by atoms with Crippen molar-refractivity contribution in [2.24, 2.45) is 4.99 Å². The molecule has 4 heterocycles. The molecule has 4 aliphatic heterocycles. The quantitative estimate of drug-likeness (QED) is 0.309. The molecule has 0 bridgehead atoms. The van der Waals surface area contributed by atoms with Crippen molar-refractivity contribution in [1.82, 2.24) is 23.9 Å². The number of carbonyl (C=O) groups excluding carboxylic acids is 2. The van der Waals surface area contributed by atoms with Crippen LogP contribution in [-0.4, -0.2) is 142 Å². The lowest BCUT2D eigenvalue weighted by Gasteiger charge is -2.39. The number of ether oxygens (including phenoxy) is 3. The fourth-order valence-corrected chi connectivity index (χ4v) is 8.94. The molecule has 13 nitrogen and oxygen atoms in total. The van der Waals surface area contributed by atoms with Gasteiger partial charge in [-0.25, -0.2) is 13.2 Å². The summed E-state index contributed by atoms with van der Waals surface area (Å²) >= 11 is 12.7. The number of rotatable bonds is 9. The number of amidine groups is 1. The number of hydrogen-bond acceptors (Lipinski definition) is 9. The van der Waals surface area contributed by atoms with Crippen molar-refractivity contribution in [3.63, 3.8) is 0 Å². The molecule has 3 saturated heterocycles. The summed E-state index contributed by atoms with van der Waals surface area (Å²) in [5.74, 6) is 0.702. The molecule has 3 aromatic rings. The fourth-order valence-electron chi connectivity index (χ4n) is 7.27. The first-order valence-corrected chi connectivity index (χ1v) is 20.4. The van der Waals surface area contributed by atoms with Gasteiger partial charge < -0.3 is 24.0 Å². The maximum absolute atomic E-state index is 15.0. The van der Waals surface area contributed by atoms with Gasteiger partial charge in [0, 0.05) is 68.5 Å². The van der Waals surface area contributed by atoms with Crippen LogP contribution in [0.2, 0.25) is 10.0 Å². The normalized spacial score (nSPS) is 21.6. The van der Waals surface area contributed by atoms with Crippen LogP contribution in [0.4, 0.5) is 4.79 Å². The molecule has 3 fully saturated rings. The van der Waals surface area contributed by atoms with E-state index in [1.54, 1.807) is 46.2 Å². The Morgan fingerprint density at radius 3 is 1.98 bits per heavy atom. The molecule has 54 heavy (non-hydrogen) atoms. The van der Waals surface area contributed by atoms with Crippen LogP contribution < -0.4 is 4.74 Å². The molecule has 0 aliphatic carbocycles. The first kappa shape index (κ1) is 38.5. The lowest BCUT2D eigenvalue weighted by Crippen LogP contribution is -2.56. The van der Waals surface area contributed by atoms with Crippen molar-refractivity contribution in [2.75, 3.05) is 91.9 Å². The second-order valence-corrected chi connectivity index (χ2v) is 16.3. The summed E-state index contributed by atoms with van der Waals surface area (Å²) in [6, 6.07) is 18.1. The largest absolute Gasteiger partial charge is 0.493 e. The van der Waals surface area contributed by atoms with Crippen LogP contribution in [0.25, 0.3) is 0 Å². The van der Waals surface area contributed by atoms with Crippen LogP contribution in [0, 0.1) is 0 Å².